The van der Waals surface area contributed by atoms with Gasteiger partial charge in [0.15, 0.2) is 5.71 Å². The predicted molar refractivity (Wildman–Crippen MR) is 109 cm³/mol. The second-order valence-electron chi connectivity index (χ2n) is 6.87. The van der Waals surface area contributed by atoms with Crippen molar-refractivity contribution in [2.45, 2.75) is 39.5 Å². The van der Waals surface area contributed by atoms with Gasteiger partial charge in [-0.2, -0.15) is 0 Å². The van der Waals surface area contributed by atoms with Crippen molar-refractivity contribution in [2.75, 3.05) is 6.61 Å². The van der Waals surface area contributed by atoms with Crippen LogP contribution in [0.2, 0.25) is 0 Å². The molecule has 0 radical (unpaired) electrons. The predicted octanol–water partition coefficient (Wildman–Crippen LogP) is 4.78. The SMILES string of the molecule is CCOC(=O)c1c(/N=C2\C=C(c3ccc(C)cc3)OC2=O)sc2c1CCCC2. The molecule has 2 aromatic rings. The van der Waals surface area contributed by atoms with Crippen LogP contribution in [0.3, 0.4) is 0 Å². The molecule has 6 heteroatoms. The van der Waals surface area contributed by atoms with Gasteiger partial charge in [-0.3, -0.25) is 0 Å². The Labute approximate surface area is 167 Å². The maximum atomic E-state index is 12.6. The monoisotopic (exact) mass is 395 g/mol. The summed E-state index contributed by atoms with van der Waals surface area (Å²) in [5.41, 5.74) is 3.70. The molecule has 0 N–H and O–H groups in total. The maximum absolute atomic E-state index is 12.6. The minimum absolute atomic E-state index is 0.208. The fraction of sp³-hybridized carbons (Fsp3) is 0.318. The van der Waals surface area contributed by atoms with Crippen LogP contribution in [0.5, 0.6) is 0 Å². The van der Waals surface area contributed by atoms with Crippen LogP contribution in [0.1, 0.15) is 51.7 Å². The van der Waals surface area contributed by atoms with Crippen molar-refractivity contribution >= 4 is 39.7 Å². The molecule has 5 nitrogen and oxygen atoms in total. The third-order valence-electron chi connectivity index (χ3n) is 4.87. The van der Waals surface area contributed by atoms with Crippen LogP contribution in [0.15, 0.2) is 35.3 Å². The Hall–Kier alpha value is -2.73. The summed E-state index contributed by atoms with van der Waals surface area (Å²) in [5, 5.41) is 0.540. The molecule has 0 saturated heterocycles. The quantitative estimate of drug-likeness (QED) is 0.699. The summed E-state index contributed by atoms with van der Waals surface area (Å²) in [6, 6.07) is 7.74. The Balaban J connectivity index is 1.73. The van der Waals surface area contributed by atoms with Crippen LogP contribution >= 0.6 is 11.3 Å². The second kappa shape index (κ2) is 7.72. The van der Waals surface area contributed by atoms with Crippen LogP contribution in [-0.2, 0) is 27.1 Å². The first-order chi connectivity index (χ1) is 13.6. The van der Waals surface area contributed by atoms with Crippen molar-refractivity contribution < 1.29 is 19.1 Å². The second-order valence-corrected chi connectivity index (χ2v) is 7.96. The molecule has 1 aliphatic carbocycles. The Morgan fingerprint density at radius 1 is 1.21 bits per heavy atom. The highest BCUT2D eigenvalue weighted by Crippen LogP contribution is 2.41. The summed E-state index contributed by atoms with van der Waals surface area (Å²) in [6.45, 7) is 4.09. The zero-order valence-corrected chi connectivity index (χ0v) is 16.7. The molecular weight excluding hydrogens is 374 g/mol. The Bertz CT molecular complexity index is 998. The Kier molecular flexibility index (Phi) is 5.13. The third-order valence-corrected chi connectivity index (χ3v) is 6.06. The summed E-state index contributed by atoms with van der Waals surface area (Å²) < 4.78 is 10.7. The van der Waals surface area contributed by atoms with E-state index in [0.717, 1.165) is 42.4 Å². The lowest BCUT2D eigenvalue weighted by molar-refractivity contribution is -0.128. The lowest BCUT2D eigenvalue weighted by Gasteiger charge is -2.11. The molecule has 4 rings (SSSR count). The highest BCUT2D eigenvalue weighted by atomic mass is 32.1. The molecule has 1 aromatic heterocycles. The van der Waals surface area contributed by atoms with E-state index in [4.69, 9.17) is 9.47 Å². The van der Waals surface area contributed by atoms with Crippen molar-refractivity contribution in [1.29, 1.82) is 0 Å². The first kappa shape index (κ1) is 18.6. The zero-order valence-electron chi connectivity index (χ0n) is 15.9. The zero-order chi connectivity index (χ0) is 19.7. The molecule has 2 aliphatic rings. The van der Waals surface area contributed by atoms with E-state index in [1.807, 2.05) is 31.2 Å². The number of hydrogen-bond donors (Lipinski definition) is 0. The van der Waals surface area contributed by atoms with Crippen molar-refractivity contribution in [3.63, 3.8) is 0 Å². The molecule has 0 amide bonds. The van der Waals surface area contributed by atoms with Crippen LogP contribution in [0, 0.1) is 6.92 Å². The number of rotatable bonds is 4. The Morgan fingerprint density at radius 3 is 2.71 bits per heavy atom. The van der Waals surface area contributed by atoms with Gasteiger partial charge < -0.3 is 9.47 Å². The number of aliphatic imine (C=N–C) groups is 1. The first-order valence-corrected chi connectivity index (χ1v) is 10.3. The van der Waals surface area contributed by atoms with Gasteiger partial charge in [0.1, 0.15) is 10.8 Å². The van der Waals surface area contributed by atoms with E-state index in [9.17, 15) is 9.59 Å². The van der Waals surface area contributed by atoms with Gasteiger partial charge in [0.25, 0.3) is 0 Å². The van der Waals surface area contributed by atoms with Gasteiger partial charge in [0.05, 0.1) is 12.2 Å². The Morgan fingerprint density at radius 2 is 1.96 bits per heavy atom. The average molecular weight is 395 g/mol. The number of nitrogens with zero attached hydrogens (tertiary/aromatic N) is 1. The molecule has 0 fully saturated rings. The number of fused-ring (bicyclic) bond motifs is 1. The lowest BCUT2D eigenvalue weighted by atomic mass is 9.95. The molecule has 0 atom stereocenters. The molecule has 0 spiro atoms. The van der Waals surface area contributed by atoms with E-state index in [-0.39, 0.29) is 11.7 Å². The van der Waals surface area contributed by atoms with E-state index >= 15 is 0 Å². The number of benzene rings is 1. The lowest BCUT2D eigenvalue weighted by Crippen LogP contribution is -2.10. The summed E-state index contributed by atoms with van der Waals surface area (Å²) in [4.78, 5) is 30.6. The molecular formula is C22H21NO4S. The molecule has 28 heavy (non-hydrogen) atoms. The summed E-state index contributed by atoms with van der Waals surface area (Å²) in [5.74, 6) is -0.394. The topological polar surface area (TPSA) is 65.0 Å². The highest BCUT2D eigenvalue weighted by molar-refractivity contribution is 7.16. The summed E-state index contributed by atoms with van der Waals surface area (Å²) >= 11 is 1.48. The fourth-order valence-corrected chi connectivity index (χ4v) is 4.72. The third kappa shape index (κ3) is 3.52. The van der Waals surface area contributed by atoms with Crippen LogP contribution in [0.25, 0.3) is 5.76 Å². The number of hydrogen-bond acceptors (Lipinski definition) is 6. The minimum atomic E-state index is -0.503. The molecule has 0 bridgehead atoms. The van der Waals surface area contributed by atoms with E-state index in [1.165, 1.54) is 16.2 Å². The summed E-state index contributed by atoms with van der Waals surface area (Å²) in [6.07, 6.45) is 5.57. The summed E-state index contributed by atoms with van der Waals surface area (Å²) in [7, 11) is 0. The van der Waals surface area contributed by atoms with Crippen molar-refractivity contribution in [3.8, 4) is 0 Å². The maximum Gasteiger partial charge on any atom is 0.362 e. The number of thiophene rings is 1. The molecule has 1 aliphatic heterocycles. The van der Waals surface area contributed by atoms with Gasteiger partial charge in [-0.05, 0) is 45.1 Å². The van der Waals surface area contributed by atoms with Crippen molar-refractivity contribution in [3.05, 3.63) is 57.5 Å². The molecule has 0 unspecified atom stereocenters. The number of esters is 2. The van der Waals surface area contributed by atoms with Gasteiger partial charge in [-0.15, -0.1) is 11.3 Å². The number of cyclic esters (lactones) is 1. The molecule has 144 valence electrons. The standard InChI is InChI=1S/C22H21NO4S/c1-3-26-22(25)19-15-6-4-5-7-18(15)28-20(19)23-16-12-17(27-21(16)24)14-10-8-13(2)9-11-14/h8-12H,3-7H2,1-2H3/b23-16+. The van der Waals surface area contributed by atoms with Crippen LogP contribution in [-0.4, -0.2) is 24.3 Å². The molecule has 0 saturated carbocycles. The van der Waals surface area contributed by atoms with E-state index in [1.54, 1.807) is 13.0 Å². The molecule has 2 heterocycles. The first-order valence-electron chi connectivity index (χ1n) is 9.48. The van der Waals surface area contributed by atoms with Crippen LogP contribution in [0.4, 0.5) is 5.00 Å². The average Bonchev–Trinajstić information content (AvgIpc) is 3.23. The van der Waals surface area contributed by atoms with E-state index in [2.05, 4.69) is 4.99 Å². The fourth-order valence-electron chi connectivity index (χ4n) is 3.46. The van der Waals surface area contributed by atoms with Crippen molar-refractivity contribution in [2.24, 2.45) is 4.99 Å². The number of carbonyl (C=O) groups excluding carboxylic acids is 2. The van der Waals surface area contributed by atoms with Crippen LogP contribution < -0.4 is 0 Å². The van der Waals surface area contributed by atoms with Gasteiger partial charge in [-0.1, -0.05) is 29.8 Å². The number of ether oxygens (including phenoxy) is 2. The highest BCUT2D eigenvalue weighted by Gasteiger charge is 2.29. The van der Waals surface area contributed by atoms with Crippen molar-refractivity contribution in [1.82, 2.24) is 0 Å². The van der Waals surface area contributed by atoms with Gasteiger partial charge >= 0.3 is 11.9 Å². The minimum Gasteiger partial charge on any atom is -0.462 e. The molecule has 1 aromatic carbocycles. The normalized spacial score (nSPS) is 17.3. The van der Waals surface area contributed by atoms with Gasteiger partial charge in [0, 0.05) is 16.5 Å². The van der Waals surface area contributed by atoms with E-state index < -0.39 is 5.97 Å². The van der Waals surface area contributed by atoms with E-state index in [0.29, 0.717) is 22.9 Å². The number of carbonyl (C=O) groups is 2. The number of aryl methyl sites for hydroxylation is 2. The smallest absolute Gasteiger partial charge is 0.362 e. The van der Waals surface area contributed by atoms with Gasteiger partial charge in [0.2, 0.25) is 0 Å². The van der Waals surface area contributed by atoms with Gasteiger partial charge in [-0.25, -0.2) is 14.6 Å². The largest absolute Gasteiger partial charge is 0.462 e.